The summed E-state index contributed by atoms with van der Waals surface area (Å²) in [4.78, 5) is 65.9. The number of aromatic nitrogens is 3. The zero-order valence-electron chi connectivity index (χ0n) is 34.4. The first-order valence-corrected chi connectivity index (χ1v) is 20.9. The zero-order chi connectivity index (χ0) is 40.3. The number of H-pyrrole nitrogens is 1. The van der Waals surface area contributed by atoms with Crippen molar-refractivity contribution >= 4 is 39.7 Å². The highest BCUT2D eigenvalue weighted by molar-refractivity contribution is 5.88. The number of amides is 3. The van der Waals surface area contributed by atoms with Gasteiger partial charge in [-0.2, -0.15) is 5.10 Å². The summed E-state index contributed by atoms with van der Waals surface area (Å²) >= 11 is 0. The molecular weight excluding hydrogens is 721 g/mol. The molecule has 5 heterocycles. The van der Waals surface area contributed by atoms with E-state index in [2.05, 4.69) is 39.2 Å². The molecule has 0 saturated carbocycles. The molecule has 3 amide bonds. The van der Waals surface area contributed by atoms with Crippen molar-refractivity contribution in [1.29, 1.82) is 0 Å². The number of nitrogens with zero attached hydrogens (tertiary/aromatic N) is 6. The van der Waals surface area contributed by atoms with Crippen molar-refractivity contribution < 1.29 is 19.1 Å². The maximum absolute atomic E-state index is 14.4. The summed E-state index contributed by atoms with van der Waals surface area (Å²) in [5.41, 5.74) is 3.65. The van der Waals surface area contributed by atoms with Gasteiger partial charge in [0.25, 0.3) is 5.56 Å². The van der Waals surface area contributed by atoms with Gasteiger partial charge in [0, 0.05) is 68.2 Å². The Balaban J connectivity index is 1.05. The van der Waals surface area contributed by atoms with Crippen LogP contribution in [0.2, 0.25) is 0 Å². The van der Waals surface area contributed by atoms with Crippen molar-refractivity contribution in [3.63, 3.8) is 0 Å². The highest BCUT2D eigenvalue weighted by Gasteiger charge is 2.34. The number of hydrogen-bond acceptors (Lipinski definition) is 8. The number of nitrogens with one attached hydrogen (secondary N) is 2. The minimum Gasteiger partial charge on any atom is -0.442 e. The van der Waals surface area contributed by atoms with Gasteiger partial charge in [0.05, 0.1) is 17.1 Å². The van der Waals surface area contributed by atoms with Crippen LogP contribution in [0.5, 0.6) is 0 Å². The fourth-order valence-electron chi connectivity index (χ4n) is 9.21. The van der Waals surface area contributed by atoms with Crippen molar-refractivity contribution in [1.82, 2.24) is 39.7 Å². The first-order valence-electron chi connectivity index (χ1n) is 20.9. The lowest BCUT2D eigenvalue weighted by atomic mass is 9.88. The van der Waals surface area contributed by atoms with Crippen LogP contribution in [0, 0.1) is 12.3 Å². The summed E-state index contributed by atoms with van der Waals surface area (Å²) in [6.07, 6.45) is 7.34. The van der Waals surface area contributed by atoms with Crippen molar-refractivity contribution in [2.75, 3.05) is 59.4 Å². The molecule has 3 aliphatic heterocycles. The van der Waals surface area contributed by atoms with Crippen LogP contribution < -0.4 is 10.9 Å². The third-order valence-electron chi connectivity index (χ3n) is 12.6. The molecule has 1 unspecified atom stereocenters. The number of piperidine rings is 2. The number of ether oxygens (including phenoxy) is 1. The molecule has 13 heteroatoms. The summed E-state index contributed by atoms with van der Waals surface area (Å²) < 4.78 is 7.41. The van der Waals surface area contributed by atoms with Crippen molar-refractivity contribution in [3.8, 4) is 0 Å². The number of pyridine rings is 1. The van der Waals surface area contributed by atoms with Crippen LogP contribution in [0.4, 0.5) is 4.79 Å². The fourth-order valence-corrected chi connectivity index (χ4v) is 9.21. The summed E-state index contributed by atoms with van der Waals surface area (Å²) in [6.45, 7) is 13.9. The fraction of sp³-hybridized carbons (Fsp3) is 0.568. The van der Waals surface area contributed by atoms with E-state index in [4.69, 9.17) is 4.74 Å². The maximum Gasteiger partial charge on any atom is 0.318 e. The Kier molecular flexibility index (Phi) is 12.3. The first-order chi connectivity index (χ1) is 27.4. The van der Waals surface area contributed by atoms with E-state index in [0.717, 1.165) is 90.4 Å². The van der Waals surface area contributed by atoms with Gasteiger partial charge in [-0.1, -0.05) is 37.6 Å². The van der Waals surface area contributed by atoms with Gasteiger partial charge in [-0.05, 0) is 114 Å². The molecule has 4 aromatic rings. The van der Waals surface area contributed by atoms with Gasteiger partial charge in [-0.3, -0.25) is 19.3 Å². The number of benzene rings is 2. The normalized spacial score (nSPS) is 18.6. The van der Waals surface area contributed by atoms with Crippen molar-refractivity contribution in [2.45, 2.75) is 97.4 Å². The number of aromatic amines is 1. The van der Waals surface area contributed by atoms with Gasteiger partial charge < -0.3 is 29.7 Å². The molecular formula is C44H60N8O5. The van der Waals surface area contributed by atoms with Crippen LogP contribution in [0.25, 0.3) is 21.8 Å². The second kappa shape index (κ2) is 17.4. The molecule has 2 aromatic carbocycles. The summed E-state index contributed by atoms with van der Waals surface area (Å²) in [5, 5.41) is 9.59. The number of carbonyl (C=O) groups excluding carboxylic acids is 3. The van der Waals surface area contributed by atoms with E-state index in [0.29, 0.717) is 51.5 Å². The van der Waals surface area contributed by atoms with Crippen LogP contribution in [0.3, 0.4) is 0 Å². The Morgan fingerprint density at radius 1 is 0.930 bits per heavy atom. The van der Waals surface area contributed by atoms with Crippen molar-refractivity contribution in [2.24, 2.45) is 5.41 Å². The number of fused-ring (bicyclic) bond motifs is 2. The molecule has 7 rings (SSSR count). The Morgan fingerprint density at radius 3 is 2.37 bits per heavy atom. The predicted octanol–water partition coefficient (Wildman–Crippen LogP) is 5.25. The second-order valence-electron chi connectivity index (χ2n) is 17.2. The largest absolute Gasteiger partial charge is 0.442 e. The molecule has 0 spiro atoms. The average Bonchev–Trinajstić information content (AvgIpc) is 3.63. The number of carbonyl (C=O) groups is 3. The van der Waals surface area contributed by atoms with Crippen LogP contribution in [0.1, 0.15) is 81.9 Å². The van der Waals surface area contributed by atoms with E-state index in [-0.39, 0.29) is 36.1 Å². The summed E-state index contributed by atoms with van der Waals surface area (Å²) in [5.74, 6) is -0.278. The number of hydrogen-bond donors (Lipinski definition) is 2. The Bertz CT molecular complexity index is 2120. The smallest absolute Gasteiger partial charge is 0.318 e. The van der Waals surface area contributed by atoms with Gasteiger partial charge in [-0.15, -0.1) is 0 Å². The average molecular weight is 781 g/mol. The molecule has 0 bridgehead atoms. The molecule has 3 saturated heterocycles. The quantitative estimate of drug-likeness (QED) is 0.197. The number of esters is 1. The van der Waals surface area contributed by atoms with E-state index < -0.39 is 11.5 Å². The molecule has 2 aromatic heterocycles. The van der Waals surface area contributed by atoms with E-state index in [1.807, 2.05) is 68.1 Å². The standard InChI is InChI=1S/C44H60N8O5/c1-6-15-44(3,4)42(55)57-29-52-39-30(2)24-31(25-34(39)28-45-52)26-38(41(54)50-22-20-49(21-23-50)35-13-16-48(5)17-14-35)47-43(56)51-18-11-32(12-19-51)36-27-33-9-7-8-10-37(33)46-40(36)53/h7-10,24-25,27-28,32,35,38H,6,11-23,26,29H2,1-5H3,(H,46,53)(H,47,56). The number of urea groups is 1. The van der Waals surface area contributed by atoms with Crippen LogP contribution in [-0.2, 0) is 27.5 Å². The molecule has 0 radical (unpaired) electrons. The number of rotatable bonds is 11. The maximum atomic E-state index is 14.4. The number of aryl methyl sites for hydroxylation is 1. The molecule has 306 valence electrons. The van der Waals surface area contributed by atoms with Gasteiger partial charge in [-0.25, -0.2) is 9.48 Å². The topological polar surface area (TPSA) is 136 Å². The van der Waals surface area contributed by atoms with Crippen LogP contribution in [-0.4, -0.2) is 124 Å². The number of para-hydroxylation sites is 1. The third kappa shape index (κ3) is 9.20. The highest BCUT2D eigenvalue weighted by atomic mass is 16.5. The van der Waals surface area contributed by atoms with Gasteiger partial charge in [0.1, 0.15) is 6.04 Å². The molecule has 2 N–H and O–H groups in total. The zero-order valence-corrected chi connectivity index (χ0v) is 34.4. The summed E-state index contributed by atoms with van der Waals surface area (Å²) in [6, 6.07) is 13.3. The van der Waals surface area contributed by atoms with E-state index >= 15 is 0 Å². The first kappa shape index (κ1) is 40.4. The van der Waals surface area contributed by atoms with Gasteiger partial charge in [0.15, 0.2) is 6.73 Å². The molecule has 13 nitrogen and oxygen atoms in total. The Hall–Kier alpha value is -4.75. The van der Waals surface area contributed by atoms with Crippen LogP contribution in [0.15, 0.2) is 53.5 Å². The van der Waals surface area contributed by atoms with Gasteiger partial charge in [0.2, 0.25) is 5.91 Å². The van der Waals surface area contributed by atoms with E-state index in [1.165, 1.54) is 0 Å². The monoisotopic (exact) mass is 780 g/mol. The highest BCUT2D eigenvalue weighted by Crippen LogP contribution is 2.29. The molecule has 3 fully saturated rings. The second-order valence-corrected chi connectivity index (χ2v) is 17.2. The minimum atomic E-state index is -0.762. The lowest BCUT2D eigenvalue weighted by Crippen LogP contribution is -2.59. The van der Waals surface area contributed by atoms with E-state index in [9.17, 15) is 19.2 Å². The molecule has 0 aliphatic carbocycles. The number of likely N-dealkylation sites (tertiary alicyclic amines) is 2. The van der Waals surface area contributed by atoms with E-state index in [1.54, 1.807) is 15.8 Å². The SMILES string of the molecule is CCCC(C)(C)C(=O)OCn1ncc2cc(CC(NC(=O)N3CCC(c4cc5ccccc5[nH]c4=O)CC3)C(=O)N3CCN(C4CCN(C)CC4)CC3)cc(C)c21. The Labute approximate surface area is 335 Å². The molecule has 1 atom stereocenters. The lowest BCUT2D eigenvalue weighted by Gasteiger charge is -2.43. The third-order valence-corrected chi connectivity index (χ3v) is 12.6. The lowest BCUT2D eigenvalue weighted by molar-refractivity contribution is -0.158. The minimum absolute atomic E-state index is 0.0162. The molecule has 3 aliphatic rings. The molecule has 57 heavy (non-hydrogen) atoms. The van der Waals surface area contributed by atoms with Crippen LogP contribution >= 0.6 is 0 Å². The summed E-state index contributed by atoms with van der Waals surface area (Å²) in [7, 11) is 2.17. The van der Waals surface area contributed by atoms with Crippen molar-refractivity contribution in [3.05, 3.63) is 75.7 Å². The van der Waals surface area contributed by atoms with Gasteiger partial charge >= 0.3 is 12.0 Å². The predicted molar refractivity (Wildman–Crippen MR) is 222 cm³/mol. The number of piperazine rings is 1. The Morgan fingerprint density at radius 2 is 1.65 bits per heavy atom.